The second-order valence-electron chi connectivity index (χ2n) is 13.1. The lowest BCUT2D eigenvalue weighted by Gasteiger charge is -2.38. The summed E-state index contributed by atoms with van der Waals surface area (Å²) in [5.41, 5.74) is 5.63. The van der Waals surface area contributed by atoms with Crippen molar-refractivity contribution in [1.82, 2.24) is 20.1 Å². The number of halogens is 1. The third-order valence-electron chi connectivity index (χ3n) is 9.34. The van der Waals surface area contributed by atoms with E-state index in [4.69, 9.17) is 11.6 Å². The third kappa shape index (κ3) is 6.98. The molecule has 4 aromatic rings. The standard InChI is InChI=1S/C37H42ClN5O3/c1-24-8-10-27(11-9-24)36(45)42-16-14-26(15-17-42)35(44)40-33(20-29-21-39-32-7-5-4-6-31(29)32)37(46)43-23-25(22-41(2)3)18-28-19-30(38)12-13-34(28)43/h4-13,19,21,25-26,33,39H,14-18,20,22-23H2,1-3H3,(H,40,44)/t25-,33+/m0/s1. The quantitative estimate of drug-likeness (QED) is 0.267. The molecule has 9 heteroatoms. The van der Waals surface area contributed by atoms with Crippen LogP contribution in [0.1, 0.15) is 39.9 Å². The van der Waals surface area contributed by atoms with E-state index in [1.807, 2.05) is 104 Å². The molecule has 3 heterocycles. The fraction of sp³-hybridized carbons (Fsp3) is 0.378. The Balaban J connectivity index is 1.22. The van der Waals surface area contributed by atoms with E-state index in [0.717, 1.165) is 46.2 Å². The van der Waals surface area contributed by atoms with Crippen molar-refractivity contribution < 1.29 is 14.4 Å². The molecule has 2 aliphatic rings. The summed E-state index contributed by atoms with van der Waals surface area (Å²) in [5, 5.41) is 4.86. The Kier molecular flexibility index (Phi) is 9.47. The first-order valence-electron chi connectivity index (χ1n) is 16.1. The molecule has 2 N–H and O–H groups in total. The van der Waals surface area contributed by atoms with Crippen molar-refractivity contribution in [2.45, 2.75) is 38.6 Å². The lowest BCUT2D eigenvalue weighted by atomic mass is 9.90. The van der Waals surface area contributed by atoms with Gasteiger partial charge in [0, 0.05) is 71.9 Å². The number of benzene rings is 3. The van der Waals surface area contributed by atoms with Crippen LogP contribution < -0.4 is 10.2 Å². The maximum absolute atomic E-state index is 14.6. The number of nitrogens with one attached hydrogen (secondary N) is 2. The van der Waals surface area contributed by atoms with Crippen LogP contribution in [0.5, 0.6) is 0 Å². The number of aromatic nitrogens is 1. The highest BCUT2D eigenvalue weighted by Crippen LogP contribution is 2.33. The lowest BCUT2D eigenvalue weighted by molar-refractivity contribution is -0.131. The number of hydrogen-bond acceptors (Lipinski definition) is 4. The van der Waals surface area contributed by atoms with Crippen LogP contribution in [0.3, 0.4) is 0 Å². The van der Waals surface area contributed by atoms with Crippen molar-refractivity contribution in [3.8, 4) is 0 Å². The first kappa shape index (κ1) is 31.8. The summed E-state index contributed by atoms with van der Waals surface area (Å²) < 4.78 is 0. The summed E-state index contributed by atoms with van der Waals surface area (Å²) in [7, 11) is 4.08. The van der Waals surface area contributed by atoms with Crippen LogP contribution in [0.15, 0.2) is 72.9 Å². The van der Waals surface area contributed by atoms with Gasteiger partial charge < -0.3 is 25.0 Å². The molecule has 0 radical (unpaired) electrons. The Morgan fingerprint density at radius 2 is 1.76 bits per heavy atom. The number of piperidine rings is 1. The molecule has 6 rings (SSSR count). The Bertz CT molecular complexity index is 1720. The Morgan fingerprint density at radius 3 is 2.50 bits per heavy atom. The van der Waals surface area contributed by atoms with Crippen LogP contribution in [-0.4, -0.2) is 78.8 Å². The summed E-state index contributed by atoms with van der Waals surface area (Å²) in [6.45, 7) is 4.38. The van der Waals surface area contributed by atoms with Gasteiger partial charge >= 0.3 is 0 Å². The van der Waals surface area contributed by atoms with Gasteiger partial charge in [-0.25, -0.2) is 0 Å². The maximum atomic E-state index is 14.6. The minimum absolute atomic E-state index is 0.0117. The predicted molar refractivity (Wildman–Crippen MR) is 183 cm³/mol. The molecular weight excluding hydrogens is 598 g/mol. The number of H-pyrrole nitrogens is 1. The molecule has 3 aromatic carbocycles. The number of carbonyl (C=O) groups is 3. The van der Waals surface area contributed by atoms with E-state index in [1.54, 1.807) is 0 Å². The van der Waals surface area contributed by atoms with Crippen LogP contribution in [0.2, 0.25) is 5.02 Å². The second-order valence-corrected chi connectivity index (χ2v) is 13.5. The summed E-state index contributed by atoms with van der Waals surface area (Å²) in [6, 6.07) is 20.5. The zero-order valence-electron chi connectivity index (χ0n) is 26.8. The minimum Gasteiger partial charge on any atom is -0.361 e. The zero-order valence-corrected chi connectivity index (χ0v) is 27.5. The highest BCUT2D eigenvalue weighted by molar-refractivity contribution is 6.30. The average Bonchev–Trinajstić information content (AvgIpc) is 3.46. The molecule has 2 aliphatic heterocycles. The van der Waals surface area contributed by atoms with Crippen molar-refractivity contribution >= 4 is 45.9 Å². The number of hydrogen-bond donors (Lipinski definition) is 2. The number of aryl methyl sites for hydroxylation is 1. The zero-order chi connectivity index (χ0) is 32.4. The Labute approximate surface area is 275 Å². The predicted octanol–water partition coefficient (Wildman–Crippen LogP) is 5.48. The van der Waals surface area contributed by atoms with Crippen LogP contribution in [0, 0.1) is 18.8 Å². The molecule has 0 aliphatic carbocycles. The normalized spacial score (nSPS) is 17.6. The number of carbonyl (C=O) groups excluding carboxylic acids is 3. The molecule has 46 heavy (non-hydrogen) atoms. The van der Waals surface area contributed by atoms with Gasteiger partial charge in [-0.1, -0.05) is 47.5 Å². The molecule has 2 atom stereocenters. The number of nitrogens with zero attached hydrogens (tertiary/aromatic N) is 3. The summed E-state index contributed by atoms with van der Waals surface area (Å²) in [4.78, 5) is 50.7. The third-order valence-corrected chi connectivity index (χ3v) is 9.57. The van der Waals surface area contributed by atoms with Crippen molar-refractivity contribution in [1.29, 1.82) is 0 Å². The molecule has 240 valence electrons. The second kappa shape index (κ2) is 13.7. The summed E-state index contributed by atoms with van der Waals surface area (Å²) in [6.07, 6.45) is 4.22. The number of amides is 3. The highest BCUT2D eigenvalue weighted by atomic mass is 35.5. The van der Waals surface area contributed by atoms with Crippen LogP contribution in [-0.2, 0) is 22.4 Å². The van der Waals surface area contributed by atoms with Crippen LogP contribution in [0.4, 0.5) is 5.69 Å². The lowest BCUT2D eigenvalue weighted by Crippen LogP contribution is -2.54. The summed E-state index contributed by atoms with van der Waals surface area (Å²) in [5.74, 6) is -0.335. The molecule has 3 amide bonds. The first-order chi connectivity index (χ1) is 22.2. The van der Waals surface area contributed by atoms with Crippen LogP contribution >= 0.6 is 11.6 Å². The van der Waals surface area contributed by atoms with Gasteiger partial charge in [0.05, 0.1) is 0 Å². The highest BCUT2D eigenvalue weighted by Gasteiger charge is 2.36. The van der Waals surface area contributed by atoms with E-state index in [2.05, 4.69) is 15.2 Å². The van der Waals surface area contributed by atoms with Gasteiger partial charge in [-0.05, 0) is 93.7 Å². The van der Waals surface area contributed by atoms with E-state index in [9.17, 15) is 14.4 Å². The fourth-order valence-corrected chi connectivity index (χ4v) is 7.18. The van der Waals surface area contributed by atoms with Crippen LogP contribution in [0.25, 0.3) is 10.9 Å². The van der Waals surface area contributed by atoms with Crippen molar-refractivity contribution in [3.05, 3.63) is 100 Å². The maximum Gasteiger partial charge on any atom is 0.253 e. The number of para-hydroxylation sites is 1. The van der Waals surface area contributed by atoms with Gasteiger partial charge in [-0.2, -0.15) is 0 Å². The van der Waals surface area contributed by atoms with E-state index in [0.29, 0.717) is 49.5 Å². The Hall–Kier alpha value is -4.14. The van der Waals surface area contributed by atoms with Gasteiger partial charge in [0.1, 0.15) is 6.04 Å². The van der Waals surface area contributed by atoms with Crippen molar-refractivity contribution in [2.75, 3.05) is 45.2 Å². The van der Waals surface area contributed by atoms with Crippen molar-refractivity contribution in [3.63, 3.8) is 0 Å². The van der Waals surface area contributed by atoms with Gasteiger partial charge in [-0.15, -0.1) is 0 Å². The topological polar surface area (TPSA) is 88.8 Å². The number of likely N-dealkylation sites (tertiary alicyclic amines) is 1. The molecule has 1 saturated heterocycles. The minimum atomic E-state index is -0.763. The van der Waals surface area contributed by atoms with Gasteiger partial charge in [0.25, 0.3) is 5.91 Å². The Morgan fingerprint density at radius 1 is 1.02 bits per heavy atom. The molecular formula is C37H42ClN5O3. The monoisotopic (exact) mass is 639 g/mol. The van der Waals surface area contributed by atoms with E-state index in [-0.39, 0.29) is 29.6 Å². The van der Waals surface area contributed by atoms with Gasteiger partial charge in [0.2, 0.25) is 11.8 Å². The van der Waals surface area contributed by atoms with E-state index >= 15 is 0 Å². The van der Waals surface area contributed by atoms with Gasteiger partial charge in [0.15, 0.2) is 0 Å². The fourth-order valence-electron chi connectivity index (χ4n) is 6.98. The molecule has 1 aromatic heterocycles. The smallest absolute Gasteiger partial charge is 0.253 e. The SMILES string of the molecule is Cc1ccc(C(=O)N2CCC(C(=O)N[C@H](Cc3c[nH]c4ccccc34)C(=O)N3C[C@H](CN(C)C)Cc4cc(Cl)ccc43)CC2)cc1. The number of aromatic amines is 1. The van der Waals surface area contributed by atoms with Gasteiger partial charge in [-0.3, -0.25) is 14.4 Å². The molecule has 0 bridgehead atoms. The number of fused-ring (bicyclic) bond motifs is 2. The number of rotatable bonds is 8. The molecule has 1 fully saturated rings. The molecule has 0 spiro atoms. The number of anilines is 1. The average molecular weight is 640 g/mol. The molecule has 0 unspecified atom stereocenters. The molecule has 8 nitrogen and oxygen atoms in total. The van der Waals surface area contributed by atoms with E-state index < -0.39 is 6.04 Å². The summed E-state index contributed by atoms with van der Waals surface area (Å²) >= 11 is 6.40. The van der Waals surface area contributed by atoms with E-state index in [1.165, 1.54) is 0 Å². The first-order valence-corrected chi connectivity index (χ1v) is 16.5. The van der Waals surface area contributed by atoms with Crippen molar-refractivity contribution in [2.24, 2.45) is 11.8 Å². The largest absolute Gasteiger partial charge is 0.361 e. The molecule has 0 saturated carbocycles.